The van der Waals surface area contributed by atoms with Crippen LogP contribution < -0.4 is 4.74 Å². The minimum absolute atomic E-state index is 0.0239. The summed E-state index contributed by atoms with van der Waals surface area (Å²) in [6.45, 7) is -1.49. The van der Waals surface area contributed by atoms with E-state index in [1.165, 1.54) is 6.07 Å². The van der Waals surface area contributed by atoms with Gasteiger partial charge in [-0.15, -0.1) is 11.6 Å². The van der Waals surface area contributed by atoms with Crippen LogP contribution in [0.1, 0.15) is 5.56 Å². The average Bonchev–Trinajstić information content (AvgIpc) is 2.24. The van der Waals surface area contributed by atoms with Gasteiger partial charge in [0.05, 0.1) is 11.4 Å². The lowest BCUT2D eigenvalue weighted by atomic mass is 10.2. The number of ether oxygens (including phenoxy) is 1. The molecule has 0 atom stereocenters. The lowest BCUT2D eigenvalue weighted by molar-refractivity contribution is -0.153. The van der Waals surface area contributed by atoms with Crippen molar-refractivity contribution in [3.63, 3.8) is 0 Å². The molecule has 0 radical (unpaired) electrons. The molecule has 1 nitrogen and oxygen atoms in total. The Hall–Kier alpha value is -1.41. The highest BCUT2D eigenvalue weighted by atomic mass is 35.5. The highest BCUT2D eigenvalue weighted by Crippen LogP contribution is 2.22. The zero-order valence-corrected chi connectivity index (χ0v) is 9.20. The van der Waals surface area contributed by atoms with Crippen LogP contribution in [0.15, 0.2) is 18.2 Å². The van der Waals surface area contributed by atoms with Crippen LogP contribution in [0.4, 0.5) is 17.6 Å². The molecule has 0 unspecified atom stereocenters. The van der Waals surface area contributed by atoms with Crippen molar-refractivity contribution in [2.24, 2.45) is 0 Å². The molecule has 1 aromatic rings. The topological polar surface area (TPSA) is 9.23 Å². The predicted molar refractivity (Wildman–Crippen MR) is 55.5 cm³/mol. The highest BCUT2D eigenvalue weighted by Gasteiger charge is 2.28. The molecular formula is C11H7ClF4O. The van der Waals surface area contributed by atoms with E-state index in [1.54, 1.807) is 0 Å². The maximum Gasteiger partial charge on any atom is 0.422 e. The van der Waals surface area contributed by atoms with Gasteiger partial charge in [0.25, 0.3) is 0 Å². The summed E-state index contributed by atoms with van der Waals surface area (Å²) in [5.41, 5.74) is 0.163. The molecule has 1 aromatic carbocycles. The zero-order valence-electron chi connectivity index (χ0n) is 8.44. The molecule has 0 bridgehead atoms. The van der Waals surface area contributed by atoms with Gasteiger partial charge in [-0.25, -0.2) is 4.39 Å². The Morgan fingerprint density at radius 2 is 2.00 bits per heavy atom. The monoisotopic (exact) mass is 266 g/mol. The zero-order chi connectivity index (χ0) is 12.9. The van der Waals surface area contributed by atoms with Crippen molar-refractivity contribution in [1.29, 1.82) is 0 Å². The summed E-state index contributed by atoms with van der Waals surface area (Å²) in [6, 6.07) is 3.17. The summed E-state index contributed by atoms with van der Waals surface area (Å²) in [6.07, 6.45) is -4.48. The fraction of sp³-hybridized carbons (Fsp3) is 0.273. The van der Waals surface area contributed by atoms with E-state index in [9.17, 15) is 17.6 Å². The molecule has 0 saturated heterocycles. The van der Waals surface area contributed by atoms with E-state index >= 15 is 0 Å². The van der Waals surface area contributed by atoms with Crippen molar-refractivity contribution < 1.29 is 22.3 Å². The van der Waals surface area contributed by atoms with Crippen molar-refractivity contribution in [2.75, 3.05) is 12.5 Å². The lowest BCUT2D eigenvalue weighted by Gasteiger charge is -2.10. The van der Waals surface area contributed by atoms with Gasteiger partial charge >= 0.3 is 6.18 Å². The Balaban J connectivity index is 2.91. The van der Waals surface area contributed by atoms with Crippen molar-refractivity contribution >= 4 is 11.6 Å². The largest absolute Gasteiger partial charge is 0.483 e. The van der Waals surface area contributed by atoms with Gasteiger partial charge in [0.15, 0.2) is 6.61 Å². The SMILES string of the molecule is Fc1ccc(C#CCCl)c(OCC(F)(F)F)c1. The van der Waals surface area contributed by atoms with Crippen LogP contribution in [0.3, 0.4) is 0 Å². The number of alkyl halides is 4. The maximum absolute atomic E-state index is 12.9. The molecular weight excluding hydrogens is 260 g/mol. The second-order valence-corrected chi connectivity index (χ2v) is 3.25. The van der Waals surface area contributed by atoms with E-state index in [1.807, 2.05) is 0 Å². The van der Waals surface area contributed by atoms with E-state index in [2.05, 4.69) is 16.6 Å². The fourth-order valence-corrected chi connectivity index (χ4v) is 1.07. The number of benzene rings is 1. The number of rotatable bonds is 2. The average molecular weight is 267 g/mol. The molecule has 92 valence electrons. The van der Waals surface area contributed by atoms with Gasteiger partial charge in [-0.05, 0) is 12.1 Å². The van der Waals surface area contributed by atoms with Crippen LogP contribution >= 0.6 is 11.6 Å². The molecule has 17 heavy (non-hydrogen) atoms. The van der Waals surface area contributed by atoms with Crippen molar-refractivity contribution in [2.45, 2.75) is 6.18 Å². The molecule has 0 aliphatic carbocycles. The molecule has 0 aliphatic rings. The third-order valence-electron chi connectivity index (χ3n) is 1.62. The van der Waals surface area contributed by atoms with E-state index < -0.39 is 18.6 Å². The maximum atomic E-state index is 12.9. The van der Waals surface area contributed by atoms with Crippen LogP contribution in [-0.2, 0) is 0 Å². The minimum atomic E-state index is -4.48. The van der Waals surface area contributed by atoms with Gasteiger partial charge < -0.3 is 4.74 Å². The minimum Gasteiger partial charge on any atom is -0.483 e. The first kappa shape index (κ1) is 13.7. The lowest BCUT2D eigenvalue weighted by Crippen LogP contribution is -2.19. The van der Waals surface area contributed by atoms with E-state index in [4.69, 9.17) is 11.6 Å². The number of hydrogen-bond acceptors (Lipinski definition) is 1. The molecule has 0 aliphatic heterocycles. The molecule has 0 fully saturated rings. The Kier molecular flexibility index (Phi) is 4.64. The Bertz CT molecular complexity index is 445. The van der Waals surface area contributed by atoms with Crippen LogP contribution in [0, 0.1) is 17.7 Å². The van der Waals surface area contributed by atoms with E-state index in [0.29, 0.717) is 0 Å². The van der Waals surface area contributed by atoms with E-state index in [-0.39, 0.29) is 17.2 Å². The van der Waals surface area contributed by atoms with Crippen LogP contribution in [-0.4, -0.2) is 18.7 Å². The quantitative estimate of drug-likeness (QED) is 0.453. The van der Waals surface area contributed by atoms with Crippen LogP contribution in [0.2, 0.25) is 0 Å². The van der Waals surface area contributed by atoms with Gasteiger partial charge in [0.2, 0.25) is 0 Å². The number of halogens is 5. The van der Waals surface area contributed by atoms with Crippen molar-refractivity contribution in [3.8, 4) is 17.6 Å². The van der Waals surface area contributed by atoms with Gasteiger partial charge in [0.1, 0.15) is 11.6 Å². The standard InChI is InChI=1S/C11H7ClF4O/c12-5-1-2-8-3-4-9(13)6-10(8)17-7-11(14,15)16/h3-4,6H,5,7H2. The van der Waals surface area contributed by atoms with Crippen molar-refractivity contribution in [1.82, 2.24) is 0 Å². The van der Waals surface area contributed by atoms with Gasteiger partial charge in [-0.1, -0.05) is 11.8 Å². The van der Waals surface area contributed by atoms with Crippen LogP contribution in [0.25, 0.3) is 0 Å². The first-order chi connectivity index (χ1) is 7.92. The van der Waals surface area contributed by atoms with Crippen LogP contribution in [0.5, 0.6) is 5.75 Å². The summed E-state index contributed by atoms with van der Waals surface area (Å²) < 4.78 is 53.2. The number of hydrogen-bond donors (Lipinski definition) is 0. The van der Waals surface area contributed by atoms with Gasteiger partial charge in [-0.2, -0.15) is 13.2 Å². The molecule has 0 spiro atoms. The molecule has 1 rings (SSSR count). The molecule has 0 N–H and O–H groups in total. The summed E-state index contributed by atoms with van der Waals surface area (Å²) >= 11 is 5.32. The predicted octanol–water partition coefficient (Wildman–Crippen LogP) is 3.36. The van der Waals surface area contributed by atoms with Gasteiger partial charge in [0, 0.05) is 6.07 Å². The third-order valence-corrected chi connectivity index (χ3v) is 1.76. The molecule has 6 heteroatoms. The molecule has 0 amide bonds. The summed E-state index contributed by atoms with van der Waals surface area (Å²) in [5.74, 6) is 4.02. The first-order valence-corrected chi connectivity index (χ1v) is 5.00. The summed E-state index contributed by atoms with van der Waals surface area (Å²) in [4.78, 5) is 0. The normalized spacial score (nSPS) is 10.6. The summed E-state index contributed by atoms with van der Waals surface area (Å²) in [5, 5.41) is 0. The highest BCUT2D eigenvalue weighted by molar-refractivity contribution is 6.19. The summed E-state index contributed by atoms with van der Waals surface area (Å²) in [7, 11) is 0. The second-order valence-electron chi connectivity index (χ2n) is 2.98. The van der Waals surface area contributed by atoms with Crippen molar-refractivity contribution in [3.05, 3.63) is 29.6 Å². The Morgan fingerprint density at radius 1 is 1.29 bits per heavy atom. The first-order valence-electron chi connectivity index (χ1n) is 4.46. The second kappa shape index (κ2) is 5.78. The molecule has 0 saturated carbocycles. The third kappa shape index (κ3) is 4.96. The Morgan fingerprint density at radius 3 is 2.59 bits per heavy atom. The molecule has 0 aromatic heterocycles. The van der Waals surface area contributed by atoms with Gasteiger partial charge in [-0.3, -0.25) is 0 Å². The Labute approximate surface area is 100 Å². The smallest absolute Gasteiger partial charge is 0.422 e. The van der Waals surface area contributed by atoms with E-state index in [0.717, 1.165) is 12.1 Å². The molecule has 0 heterocycles. The fourth-order valence-electron chi connectivity index (χ4n) is 1.01.